The second kappa shape index (κ2) is 12.6. The van der Waals surface area contributed by atoms with Crippen LogP contribution in [-0.4, -0.2) is 23.7 Å². The molecule has 258 valence electrons. The Bertz CT molecular complexity index is 2890. The van der Waals surface area contributed by atoms with Gasteiger partial charge in [-0.2, -0.15) is 0 Å². The van der Waals surface area contributed by atoms with Crippen molar-refractivity contribution in [2.24, 2.45) is 0 Å². The van der Waals surface area contributed by atoms with E-state index < -0.39 is 0 Å². The zero-order chi connectivity index (χ0) is 36.3. The second-order valence-electron chi connectivity index (χ2n) is 13.9. The van der Waals surface area contributed by atoms with E-state index in [2.05, 4.69) is 187 Å². The van der Waals surface area contributed by atoms with E-state index in [0.29, 0.717) is 0 Å². The van der Waals surface area contributed by atoms with Gasteiger partial charge in [-0.3, -0.25) is 9.97 Å². The molecule has 0 spiro atoms. The van der Waals surface area contributed by atoms with Gasteiger partial charge in [-0.05, 0) is 102 Å². The van der Waals surface area contributed by atoms with Crippen LogP contribution in [0.3, 0.4) is 0 Å². The van der Waals surface area contributed by atoms with Crippen LogP contribution >= 0.6 is 0 Å². The summed E-state index contributed by atoms with van der Waals surface area (Å²) in [5, 5.41) is 4.97. The number of para-hydroxylation sites is 4. The highest BCUT2D eigenvalue weighted by molar-refractivity contribution is 6.10. The maximum Gasteiger partial charge on any atom is 0.0550 e. The molecular formula is C50H33N5. The molecule has 0 saturated heterocycles. The molecule has 6 aromatic carbocycles. The maximum atomic E-state index is 4.44. The summed E-state index contributed by atoms with van der Waals surface area (Å²) in [6.45, 7) is 0. The molecule has 0 bridgehead atoms. The number of nitrogens with zero attached hydrogens (tertiary/aromatic N) is 5. The molecule has 5 aromatic heterocycles. The van der Waals surface area contributed by atoms with Gasteiger partial charge in [0.25, 0.3) is 0 Å². The van der Waals surface area contributed by atoms with Gasteiger partial charge in [-0.15, -0.1) is 0 Å². The molecule has 11 aromatic rings. The molecule has 0 aliphatic rings. The number of hydrogen-bond acceptors (Lipinski definition) is 2. The van der Waals surface area contributed by atoms with Crippen molar-refractivity contribution in [1.29, 1.82) is 0 Å². The highest BCUT2D eigenvalue weighted by Gasteiger charge is 2.18. The number of rotatable bonds is 6. The normalized spacial score (nSPS) is 11.6. The van der Waals surface area contributed by atoms with Gasteiger partial charge >= 0.3 is 0 Å². The molecule has 0 saturated carbocycles. The van der Waals surface area contributed by atoms with Crippen LogP contribution in [0.4, 0.5) is 0 Å². The standard InChI is InChI=1S/C50H33N5/c1-5-17-47-41(13-1)42-14-2-6-18-48(42)54(47)39-29-37(30-40(31-39)55-49-19-7-3-15-43(49)44-16-4-8-20-50(44)55)34-21-23-38(24-22-34)53-45(35-11-9-27-51-32-35)25-26-46(53)36-12-10-28-52-33-36/h1-33H. The smallest absolute Gasteiger partial charge is 0.0550 e. The Hall–Kier alpha value is -7.50. The molecule has 5 heterocycles. The second-order valence-corrected chi connectivity index (χ2v) is 13.9. The zero-order valence-electron chi connectivity index (χ0n) is 29.8. The fourth-order valence-corrected chi connectivity index (χ4v) is 8.42. The zero-order valence-corrected chi connectivity index (χ0v) is 29.8. The van der Waals surface area contributed by atoms with Crippen molar-refractivity contribution in [3.05, 3.63) is 201 Å². The molecule has 0 fully saturated rings. The number of aromatic nitrogens is 5. The molecule has 55 heavy (non-hydrogen) atoms. The van der Waals surface area contributed by atoms with Gasteiger partial charge in [0.05, 0.1) is 33.5 Å². The van der Waals surface area contributed by atoms with Crippen molar-refractivity contribution >= 4 is 43.6 Å². The Morgan fingerprint density at radius 2 is 0.709 bits per heavy atom. The predicted molar refractivity (Wildman–Crippen MR) is 226 cm³/mol. The minimum absolute atomic E-state index is 1.05. The molecule has 0 aliphatic carbocycles. The quantitative estimate of drug-likeness (QED) is 0.173. The van der Waals surface area contributed by atoms with Crippen molar-refractivity contribution < 1.29 is 0 Å². The monoisotopic (exact) mass is 703 g/mol. The lowest BCUT2D eigenvalue weighted by molar-refractivity contribution is 1.09. The van der Waals surface area contributed by atoms with Crippen LogP contribution in [0.15, 0.2) is 201 Å². The first-order valence-electron chi connectivity index (χ1n) is 18.6. The number of benzene rings is 6. The fraction of sp³-hybridized carbons (Fsp3) is 0. The van der Waals surface area contributed by atoms with Crippen molar-refractivity contribution in [1.82, 2.24) is 23.7 Å². The Morgan fingerprint density at radius 3 is 1.11 bits per heavy atom. The molecule has 0 atom stereocenters. The minimum atomic E-state index is 1.05. The molecule has 0 unspecified atom stereocenters. The summed E-state index contributed by atoms with van der Waals surface area (Å²) in [7, 11) is 0. The van der Waals surface area contributed by atoms with E-state index in [4.69, 9.17) is 0 Å². The Balaban J connectivity index is 1.14. The van der Waals surface area contributed by atoms with E-state index in [0.717, 1.165) is 50.7 Å². The van der Waals surface area contributed by atoms with Gasteiger partial charge < -0.3 is 13.7 Å². The van der Waals surface area contributed by atoms with Crippen LogP contribution < -0.4 is 0 Å². The number of pyridine rings is 2. The largest absolute Gasteiger partial charge is 0.309 e. The highest BCUT2D eigenvalue weighted by Crippen LogP contribution is 2.39. The Kier molecular flexibility index (Phi) is 7.10. The number of hydrogen-bond donors (Lipinski definition) is 0. The van der Waals surface area contributed by atoms with Crippen molar-refractivity contribution in [3.63, 3.8) is 0 Å². The molecule has 11 rings (SSSR count). The van der Waals surface area contributed by atoms with Crippen molar-refractivity contribution in [2.45, 2.75) is 0 Å². The van der Waals surface area contributed by atoms with Crippen LogP contribution in [0, 0.1) is 0 Å². The van der Waals surface area contributed by atoms with Crippen LogP contribution in [0.25, 0.3) is 94.3 Å². The summed E-state index contributed by atoms with van der Waals surface area (Å²) in [5.74, 6) is 0. The summed E-state index contributed by atoms with van der Waals surface area (Å²) in [4.78, 5) is 8.87. The molecule has 0 radical (unpaired) electrons. The van der Waals surface area contributed by atoms with Crippen molar-refractivity contribution in [3.8, 4) is 50.7 Å². The van der Waals surface area contributed by atoms with Gasteiger partial charge in [0.1, 0.15) is 0 Å². The minimum Gasteiger partial charge on any atom is -0.309 e. The Labute approximate surface area is 317 Å². The Morgan fingerprint density at radius 1 is 0.291 bits per heavy atom. The predicted octanol–water partition coefficient (Wildman–Crippen LogP) is 12.5. The first-order chi connectivity index (χ1) is 27.3. The van der Waals surface area contributed by atoms with E-state index in [1.54, 1.807) is 0 Å². The maximum absolute atomic E-state index is 4.44. The van der Waals surface area contributed by atoms with Crippen LogP contribution in [-0.2, 0) is 0 Å². The third kappa shape index (κ3) is 5.02. The molecule has 0 aliphatic heterocycles. The number of fused-ring (bicyclic) bond motifs is 6. The van der Waals surface area contributed by atoms with E-state index in [1.165, 1.54) is 43.6 Å². The van der Waals surface area contributed by atoms with E-state index in [1.807, 2.05) is 36.9 Å². The van der Waals surface area contributed by atoms with Gasteiger partial charge in [0.2, 0.25) is 0 Å². The lowest BCUT2D eigenvalue weighted by Gasteiger charge is -2.17. The van der Waals surface area contributed by atoms with Crippen LogP contribution in [0.5, 0.6) is 0 Å². The van der Waals surface area contributed by atoms with Gasteiger partial charge in [0.15, 0.2) is 0 Å². The molecule has 0 N–H and O–H groups in total. The first kappa shape index (κ1) is 31.1. The molecule has 5 heteroatoms. The lowest BCUT2D eigenvalue weighted by atomic mass is 10.0. The highest BCUT2D eigenvalue weighted by atomic mass is 15.0. The van der Waals surface area contributed by atoms with Gasteiger partial charge in [-0.1, -0.05) is 84.9 Å². The fourth-order valence-electron chi connectivity index (χ4n) is 8.42. The SMILES string of the molecule is c1cncc(-c2ccc(-c3cccnc3)n2-c2ccc(-c3cc(-n4c5ccccc5c5ccccc54)cc(-n4c5ccccc5c5ccccc54)c3)cc2)c1. The molecular weight excluding hydrogens is 671 g/mol. The summed E-state index contributed by atoms with van der Waals surface area (Å²) < 4.78 is 7.13. The summed E-state index contributed by atoms with van der Waals surface area (Å²) >= 11 is 0. The molecule has 0 amide bonds. The van der Waals surface area contributed by atoms with Crippen LogP contribution in [0.1, 0.15) is 0 Å². The average molecular weight is 704 g/mol. The van der Waals surface area contributed by atoms with E-state index in [9.17, 15) is 0 Å². The summed E-state index contributed by atoms with van der Waals surface area (Å²) in [6, 6.07) is 63.4. The lowest BCUT2D eigenvalue weighted by Crippen LogP contribution is -2.01. The average Bonchev–Trinajstić information content (AvgIpc) is 3.95. The third-order valence-corrected chi connectivity index (χ3v) is 10.8. The van der Waals surface area contributed by atoms with Crippen LogP contribution in [0.2, 0.25) is 0 Å². The molecule has 5 nitrogen and oxygen atoms in total. The van der Waals surface area contributed by atoms with Crippen molar-refractivity contribution in [2.75, 3.05) is 0 Å². The van der Waals surface area contributed by atoms with Gasteiger partial charge in [-0.25, -0.2) is 0 Å². The van der Waals surface area contributed by atoms with E-state index >= 15 is 0 Å². The first-order valence-corrected chi connectivity index (χ1v) is 18.6. The van der Waals surface area contributed by atoms with Gasteiger partial charge in [0, 0.05) is 74.5 Å². The van der Waals surface area contributed by atoms with E-state index in [-0.39, 0.29) is 0 Å². The summed E-state index contributed by atoms with van der Waals surface area (Å²) in [6.07, 6.45) is 7.47. The summed E-state index contributed by atoms with van der Waals surface area (Å²) in [5.41, 5.74) is 14.5. The topological polar surface area (TPSA) is 40.6 Å². The third-order valence-electron chi connectivity index (χ3n) is 10.8.